The molecule has 0 atom stereocenters. The molecule has 0 N–H and O–H groups in total. The molecule has 1 aromatic carbocycles. The molecule has 88 valence electrons. The maximum absolute atomic E-state index is 11.9. The van der Waals surface area contributed by atoms with E-state index in [0.29, 0.717) is 0 Å². The van der Waals surface area contributed by atoms with Gasteiger partial charge in [-0.15, -0.1) is 0 Å². The number of nitro groups is 1. The van der Waals surface area contributed by atoms with E-state index in [1.807, 2.05) is 0 Å². The Kier molecular flexibility index (Phi) is 3.64. The summed E-state index contributed by atoms with van der Waals surface area (Å²) in [7, 11) is 0. The summed E-state index contributed by atoms with van der Waals surface area (Å²) in [5.41, 5.74) is -0.551. The zero-order valence-corrected chi connectivity index (χ0v) is 8.46. The van der Waals surface area contributed by atoms with Gasteiger partial charge in [-0.1, -0.05) is 11.6 Å². The summed E-state index contributed by atoms with van der Waals surface area (Å²) in [6, 6.07) is 3.16. The fraction of sp³-hybridized carbons (Fsp3) is 0.143. The Hall–Kier alpha value is -1.44. The molecule has 16 heavy (non-hydrogen) atoms. The summed E-state index contributed by atoms with van der Waals surface area (Å²) in [6.45, 7) is -6.70. The zero-order valence-electron chi connectivity index (χ0n) is 7.70. The summed E-state index contributed by atoms with van der Waals surface area (Å²) < 4.78 is 40.0. The van der Waals surface area contributed by atoms with Gasteiger partial charge in [-0.05, 0) is 6.07 Å². The predicted molar refractivity (Wildman–Crippen MR) is 52.7 cm³/mol. The van der Waals surface area contributed by atoms with Crippen molar-refractivity contribution in [1.82, 2.24) is 0 Å². The van der Waals surface area contributed by atoms with Crippen molar-refractivity contribution in [3.05, 3.63) is 33.3 Å². The lowest BCUT2D eigenvalue weighted by molar-refractivity contribution is -0.385. The maximum atomic E-state index is 11.9. The van der Waals surface area contributed by atoms with Crippen LogP contribution in [0.25, 0.3) is 0 Å². The normalized spacial score (nSPS) is 11.2. The number of rotatable bonds is 4. The lowest BCUT2D eigenvalue weighted by Gasteiger charge is -2.15. The molecule has 0 saturated carbocycles. The largest absolute Gasteiger partial charge is 0.517 e. The van der Waals surface area contributed by atoms with Crippen molar-refractivity contribution in [3.63, 3.8) is 0 Å². The summed E-state index contributed by atoms with van der Waals surface area (Å²) in [6.07, 6.45) is 0. The minimum absolute atomic E-state index is 0.0651. The second-order valence-electron chi connectivity index (χ2n) is 2.89. The maximum Gasteiger partial charge on any atom is 0.515 e. The van der Waals surface area contributed by atoms with Gasteiger partial charge < -0.3 is 17.7 Å². The summed E-state index contributed by atoms with van der Waals surface area (Å²) in [4.78, 5) is 9.63. The minimum atomic E-state index is -5.16. The Morgan fingerprint density at radius 3 is 2.56 bits per heavy atom. The van der Waals surface area contributed by atoms with Crippen LogP contribution in [0.1, 0.15) is 0 Å². The third-order valence-electron chi connectivity index (χ3n) is 1.55. The van der Waals surface area contributed by atoms with Crippen LogP contribution in [-0.4, -0.2) is 18.4 Å². The Balaban J connectivity index is 2.93. The van der Waals surface area contributed by atoms with E-state index in [9.17, 15) is 23.1 Å². The lowest BCUT2D eigenvalue weighted by atomic mass is 9.95. The van der Waals surface area contributed by atoms with E-state index in [1.54, 1.807) is 0 Å². The number of benzene rings is 1. The highest BCUT2D eigenvalue weighted by molar-refractivity contribution is 6.58. The van der Waals surface area contributed by atoms with Gasteiger partial charge in [-0.25, -0.2) is 0 Å². The SMILES string of the molecule is O=[N+]([O-])c1ccc(Cl)cc1OC[B-](F)(F)F. The van der Waals surface area contributed by atoms with Crippen LogP contribution in [0.15, 0.2) is 18.2 Å². The van der Waals surface area contributed by atoms with E-state index in [4.69, 9.17) is 11.6 Å². The van der Waals surface area contributed by atoms with Gasteiger partial charge in [-0.2, -0.15) is 0 Å². The highest BCUT2D eigenvalue weighted by Gasteiger charge is 2.26. The second-order valence-corrected chi connectivity index (χ2v) is 3.33. The van der Waals surface area contributed by atoms with Crippen LogP contribution in [0.3, 0.4) is 0 Å². The quantitative estimate of drug-likeness (QED) is 0.471. The fourth-order valence-corrected chi connectivity index (χ4v) is 1.10. The number of ether oxygens (including phenoxy) is 1. The van der Waals surface area contributed by atoms with Crippen LogP contribution in [0.2, 0.25) is 5.02 Å². The highest BCUT2D eigenvalue weighted by Crippen LogP contribution is 2.30. The molecule has 1 aromatic rings. The van der Waals surface area contributed by atoms with Gasteiger partial charge in [0.05, 0.1) is 11.4 Å². The Bertz CT molecular complexity index is 412. The average molecular weight is 254 g/mol. The molecule has 0 aliphatic heterocycles. The molecule has 0 unspecified atom stereocenters. The van der Waals surface area contributed by atoms with Gasteiger partial charge in [0.2, 0.25) is 0 Å². The molecule has 0 heterocycles. The molecule has 0 amide bonds. The van der Waals surface area contributed by atoms with Crippen molar-refractivity contribution in [2.24, 2.45) is 0 Å². The van der Waals surface area contributed by atoms with E-state index in [0.717, 1.165) is 12.1 Å². The van der Waals surface area contributed by atoms with Crippen molar-refractivity contribution in [2.75, 3.05) is 6.51 Å². The molecule has 0 aromatic heterocycles. The molecule has 9 heteroatoms. The number of nitrogens with zero attached hydrogens (tertiary/aromatic N) is 1. The molecule has 0 saturated heterocycles. The third-order valence-corrected chi connectivity index (χ3v) is 1.78. The second kappa shape index (κ2) is 4.61. The number of hydrogen-bond acceptors (Lipinski definition) is 3. The first kappa shape index (κ1) is 12.6. The van der Waals surface area contributed by atoms with Gasteiger partial charge in [0.15, 0.2) is 5.75 Å². The molecule has 0 bridgehead atoms. The molecular weight excluding hydrogens is 249 g/mol. The molecule has 0 radical (unpaired) electrons. The average Bonchev–Trinajstić information content (AvgIpc) is 2.13. The predicted octanol–water partition coefficient (Wildman–Crippen LogP) is 3.01. The molecular formula is C7H5BClF3NO3-. The van der Waals surface area contributed by atoms with Crippen molar-refractivity contribution >= 4 is 24.3 Å². The molecule has 0 aliphatic carbocycles. The minimum Gasteiger partial charge on any atom is -0.517 e. The van der Waals surface area contributed by atoms with Crippen LogP contribution in [0, 0.1) is 10.1 Å². The van der Waals surface area contributed by atoms with E-state index >= 15 is 0 Å². The lowest BCUT2D eigenvalue weighted by Crippen LogP contribution is -2.26. The fourth-order valence-electron chi connectivity index (χ4n) is 0.939. The van der Waals surface area contributed by atoms with Crippen LogP contribution in [0.4, 0.5) is 18.6 Å². The van der Waals surface area contributed by atoms with Gasteiger partial charge >= 0.3 is 12.7 Å². The van der Waals surface area contributed by atoms with Gasteiger partial charge in [0.1, 0.15) is 0 Å². The molecule has 0 fully saturated rings. The molecule has 1 rings (SSSR count). The standard InChI is InChI=1S/C7H5BClF3NO3/c9-5-1-2-6(13(14)15)7(3-5)16-4-8(10,11)12/h1-3H,4H2/q-1. The van der Waals surface area contributed by atoms with E-state index in [-0.39, 0.29) is 5.02 Å². The van der Waals surface area contributed by atoms with Crippen molar-refractivity contribution in [2.45, 2.75) is 0 Å². The van der Waals surface area contributed by atoms with Crippen molar-refractivity contribution in [3.8, 4) is 5.75 Å². The molecule has 0 aliphatic rings. The van der Waals surface area contributed by atoms with E-state index < -0.39 is 29.8 Å². The number of hydrogen-bond donors (Lipinski definition) is 0. The summed E-state index contributed by atoms with van der Waals surface area (Å²) in [5.74, 6) is -0.489. The third kappa shape index (κ3) is 3.61. The summed E-state index contributed by atoms with van der Waals surface area (Å²) >= 11 is 5.49. The monoisotopic (exact) mass is 254 g/mol. The highest BCUT2D eigenvalue weighted by atomic mass is 35.5. The van der Waals surface area contributed by atoms with Crippen molar-refractivity contribution < 1.29 is 22.6 Å². The first-order valence-corrected chi connectivity index (χ1v) is 4.45. The Morgan fingerprint density at radius 1 is 1.44 bits per heavy atom. The Labute approximate surface area is 93.2 Å². The van der Waals surface area contributed by atoms with Crippen LogP contribution >= 0.6 is 11.6 Å². The smallest absolute Gasteiger partial charge is 0.515 e. The molecule has 0 spiro atoms. The van der Waals surface area contributed by atoms with Crippen LogP contribution in [-0.2, 0) is 0 Å². The topological polar surface area (TPSA) is 52.4 Å². The van der Waals surface area contributed by atoms with Crippen molar-refractivity contribution in [1.29, 1.82) is 0 Å². The Morgan fingerprint density at radius 2 is 2.06 bits per heavy atom. The van der Waals surface area contributed by atoms with Crippen LogP contribution in [0.5, 0.6) is 5.75 Å². The van der Waals surface area contributed by atoms with Gasteiger partial charge in [0, 0.05) is 17.2 Å². The number of nitro benzene ring substituents is 1. The van der Waals surface area contributed by atoms with E-state index in [2.05, 4.69) is 4.74 Å². The first-order chi connectivity index (χ1) is 7.29. The van der Waals surface area contributed by atoms with Gasteiger partial charge in [-0.3, -0.25) is 10.1 Å². The first-order valence-electron chi connectivity index (χ1n) is 4.07. The van der Waals surface area contributed by atoms with Gasteiger partial charge in [0.25, 0.3) is 0 Å². The molecule has 4 nitrogen and oxygen atoms in total. The number of halogens is 4. The van der Waals surface area contributed by atoms with Crippen LogP contribution < -0.4 is 4.74 Å². The zero-order chi connectivity index (χ0) is 12.3. The summed E-state index contributed by atoms with van der Waals surface area (Å²) in [5, 5.41) is 10.5. The van der Waals surface area contributed by atoms with E-state index in [1.165, 1.54) is 6.07 Å².